The minimum Gasteiger partial charge on any atom is -0.460 e. The quantitative estimate of drug-likeness (QED) is 0.310. The van der Waals surface area contributed by atoms with Gasteiger partial charge in [0.1, 0.15) is 6.10 Å². The molecule has 0 saturated carbocycles. The van der Waals surface area contributed by atoms with E-state index in [1.54, 1.807) is 0 Å². The Labute approximate surface area is 148 Å². The normalized spacial score (nSPS) is 20.1. The lowest BCUT2D eigenvalue weighted by Gasteiger charge is -2.18. The van der Waals surface area contributed by atoms with Gasteiger partial charge in [0.05, 0.1) is 19.1 Å². The van der Waals surface area contributed by atoms with Crippen LogP contribution in [0.4, 0.5) is 0 Å². The molecule has 0 spiro atoms. The fourth-order valence-corrected chi connectivity index (χ4v) is 2.75. The lowest BCUT2D eigenvalue weighted by Crippen LogP contribution is -2.26. The lowest BCUT2D eigenvalue weighted by atomic mass is 10.0. The van der Waals surface area contributed by atoms with Crippen molar-refractivity contribution in [2.75, 3.05) is 32.8 Å². The molecule has 0 N–H and O–H groups in total. The monoisotopic (exact) mass is 337 g/mol. The maximum atomic E-state index is 11.9. The second-order valence-electron chi connectivity index (χ2n) is 6.61. The number of carbonyl (C=O) groups excluding carboxylic acids is 1. The zero-order valence-corrected chi connectivity index (χ0v) is 15.8. The van der Waals surface area contributed by atoms with Crippen LogP contribution in [0.25, 0.3) is 0 Å². The molecule has 138 valence electrons. The van der Waals surface area contributed by atoms with Crippen molar-refractivity contribution in [3.8, 4) is 11.8 Å². The molecule has 1 aliphatic heterocycles. The highest BCUT2D eigenvalue weighted by molar-refractivity contribution is 5.75. The molecule has 0 aliphatic carbocycles. The fourth-order valence-electron chi connectivity index (χ4n) is 2.75. The summed E-state index contributed by atoms with van der Waals surface area (Å²) in [6, 6.07) is 0. The number of hydrogen-bond donors (Lipinski definition) is 0. The maximum absolute atomic E-state index is 11.9. The summed E-state index contributed by atoms with van der Waals surface area (Å²) >= 11 is 0. The molecule has 1 rings (SSSR count). The summed E-state index contributed by atoms with van der Waals surface area (Å²) in [5, 5.41) is 0. The fraction of sp³-hybridized carbons (Fsp3) is 0.850. The second kappa shape index (κ2) is 13.3. The molecule has 0 aromatic rings. The summed E-state index contributed by atoms with van der Waals surface area (Å²) in [5.41, 5.74) is 0. The van der Waals surface area contributed by atoms with Crippen molar-refractivity contribution >= 4 is 5.97 Å². The van der Waals surface area contributed by atoms with E-state index in [2.05, 4.69) is 37.5 Å². The first-order valence-electron chi connectivity index (χ1n) is 9.67. The van der Waals surface area contributed by atoms with Crippen molar-refractivity contribution < 1.29 is 14.3 Å². The van der Waals surface area contributed by atoms with Gasteiger partial charge < -0.3 is 9.47 Å². The number of esters is 1. The number of cyclic esters (lactones) is 1. The number of ether oxygens (including phenoxy) is 2. The Morgan fingerprint density at radius 3 is 2.46 bits per heavy atom. The Kier molecular flexibility index (Phi) is 11.6. The third-order valence-corrected chi connectivity index (χ3v) is 4.25. The maximum Gasteiger partial charge on any atom is 0.310 e. The van der Waals surface area contributed by atoms with Crippen LogP contribution in [-0.2, 0) is 14.3 Å². The van der Waals surface area contributed by atoms with Crippen LogP contribution in [0.1, 0.15) is 65.7 Å². The van der Waals surface area contributed by atoms with E-state index in [0.29, 0.717) is 13.0 Å². The van der Waals surface area contributed by atoms with Gasteiger partial charge in [0.2, 0.25) is 0 Å². The van der Waals surface area contributed by atoms with Gasteiger partial charge in [-0.15, -0.1) is 5.92 Å². The zero-order chi connectivity index (χ0) is 17.6. The molecule has 1 fully saturated rings. The number of unbranched alkanes of at least 4 members (excludes halogenated alkanes) is 2. The standard InChI is InChI=1S/C20H35NO3/c1-4-7-12-21(13-8-5-2)14-10-9-11-18-16-19(24-20(18)22)17-23-15-6-3/h18-19H,4-8,11-17H2,1-3H3. The Morgan fingerprint density at radius 2 is 1.83 bits per heavy atom. The molecule has 0 bridgehead atoms. The molecule has 2 unspecified atom stereocenters. The highest BCUT2D eigenvalue weighted by atomic mass is 16.6. The first-order chi connectivity index (χ1) is 11.7. The molecule has 0 aromatic carbocycles. The summed E-state index contributed by atoms with van der Waals surface area (Å²) < 4.78 is 10.8. The minimum atomic E-state index is -0.108. The van der Waals surface area contributed by atoms with E-state index in [4.69, 9.17) is 9.47 Å². The first-order valence-corrected chi connectivity index (χ1v) is 9.67. The summed E-state index contributed by atoms with van der Waals surface area (Å²) in [4.78, 5) is 14.3. The molecule has 1 heterocycles. The van der Waals surface area contributed by atoms with Gasteiger partial charge in [-0.25, -0.2) is 0 Å². The van der Waals surface area contributed by atoms with Gasteiger partial charge in [-0.05, 0) is 32.4 Å². The highest BCUT2D eigenvalue weighted by Crippen LogP contribution is 2.23. The van der Waals surface area contributed by atoms with Gasteiger partial charge >= 0.3 is 5.97 Å². The molecule has 1 saturated heterocycles. The number of nitrogens with zero attached hydrogens (tertiary/aromatic N) is 1. The highest BCUT2D eigenvalue weighted by Gasteiger charge is 2.33. The van der Waals surface area contributed by atoms with Gasteiger partial charge in [0, 0.05) is 19.4 Å². The molecular weight excluding hydrogens is 302 g/mol. The Balaban J connectivity index is 2.31. The van der Waals surface area contributed by atoms with Crippen LogP contribution < -0.4 is 0 Å². The Hall–Kier alpha value is -1.05. The van der Waals surface area contributed by atoms with Crippen LogP contribution in [0, 0.1) is 17.8 Å². The molecular formula is C20H35NO3. The minimum absolute atomic E-state index is 0.0764. The predicted octanol–water partition coefficient (Wildman–Crippen LogP) is 3.64. The number of rotatable bonds is 12. The summed E-state index contributed by atoms with van der Waals surface area (Å²) in [6.07, 6.45) is 7.13. The van der Waals surface area contributed by atoms with Crippen LogP contribution >= 0.6 is 0 Å². The third kappa shape index (κ3) is 8.70. The van der Waals surface area contributed by atoms with E-state index in [9.17, 15) is 4.79 Å². The van der Waals surface area contributed by atoms with Gasteiger partial charge in [0.15, 0.2) is 0 Å². The Morgan fingerprint density at radius 1 is 1.12 bits per heavy atom. The van der Waals surface area contributed by atoms with Gasteiger partial charge in [0.25, 0.3) is 0 Å². The van der Waals surface area contributed by atoms with E-state index >= 15 is 0 Å². The number of hydrogen-bond acceptors (Lipinski definition) is 4. The van der Waals surface area contributed by atoms with Crippen molar-refractivity contribution in [3.05, 3.63) is 0 Å². The Bertz CT molecular complexity index is 391. The zero-order valence-electron chi connectivity index (χ0n) is 15.8. The largest absolute Gasteiger partial charge is 0.460 e. The molecule has 2 atom stereocenters. The lowest BCUT2D eigenvalue weighted by molar-refractivity contribution is -0.146. The van der Waals surface area contributed by atoms with Crippen LogP contribution in [0.3, 0.4) is 0 Å². The van der Waals surface area contributed by atoms with E-state index < -0.39 is 0 Å². The SMILES string of the molecule is CCCCN(CC#CCC1CC(COCCC)OC1=O)CCCC. The summed E-state index contributed by atoms with van der Waals surface area (Å²) in [6.45, 7) is 10.8. The third-order valence-electron chi connectivity index (χ3n) is 4.25. The number of carbonyl (C=O) groups is 1. The van der Waals surface area contributed by atoms with Gasteiger partial charge in [-0.2, -0.15) is 0 Å². The van der Waals surface area contributed by atoms with Gasteiger partial charge in [-0.3, -0.25) is 9.69 Å². The molecule has 1 aliphatic rings. The smallest absolute Gasteiger partial charge is 0.310 e. The van der Waals surface area contributed by atoms with E-state index in [1.165, 1.54) is 25.7 Å². The van der Waals surface area contributed by atoms with Crippen LogP contribution in [0.15, 0.2) is 0 Å². The molecule has 0 radical (unpaired) electrons. The molecule has 4 nitrogen and oxygen atoms in total. The van der Waals surface area contributed by atoms with Gasteiger partial charge in [-0.1, -0.05) is 39.5 Å². The molecule has 0 aromatic heterocycles. The second-order valence-corrected chi connectivity index (χ2v) is 6.61. The van der Waals surface area contributed by atoms with Crippen molar-refractivity contribution in [2.24, 2.45) is 5.92 Å². The van der Waals surface area contributed by atoms with Crippen molar-refractivity contribution in [3.63, 3.8) is 0 Å². The first kappa shape index (κ1) is 21.0. The molecule has 4 heteroatoms. The molecule has 0 amide bonds. The topological polar surface area (TPSA) is 38.8 Å². The van der Waals surface area contributed by atoms with Crippen LogP contribution in [-0.4, -0.2) is 49.8 Å². The van der Waals surface area contributed by atoms with Crippen molar-refractivity contribution in [1.29, 1.82) is 0 Å². The van der Waals surface area contributed by atoms with Crippen LogP contribution in [0.5, 0.6) is 0 Å². The van der Waals surface area contributed by atoms with Crippen molar-refractivity contribution in [1.82, 2.24) is 4.90 Å². The van der Waals surface area contributed by atoms with Crippen LogP contribution in [0.2, 0.25) is 0 Å². The van der Waals surface area contributed by atoms with Crippen molar-refractivity contribution in [2.45, 2.75) is 71.8 Å². The average Bonchev–Trinajstić information content (AvgIpc) is 2.93. The van der Waals surface area contributed by atoms with E-state index in [1.807, 2.05) is 0 Å². The summed E-state index contributed by atoms with van der Waals surface area (Å²) in [7, 11) is 0. The van der Waals surface area contributed by atoms with E-state index in [-0.39, 0.29) is 18.0 Å². The van der Waals surface area contributed by atoms with E-state index in [0.717, 1.165) is 39.1 Å². The average molecular weight is 338 g/mol. The predicted molar refractivity (Wildman–Crippen MR) is 97.7 cm³/mol. The summed E-state index contributed by atoms with van der Waals surface area (Å²) in [5.74, 6) is 6.27. The molecule has 24 heavy (non-hydrogen) atoms.